The Labute approximate surface area is 276 Å². The molecule has 48 heavy (non-hydrogen) atoms. The second kappa shape index (κ2) is 15.4. The summed E-state index contributed by atoms with van der Waals surface area (Å²) in [5.41, 5.74) is 4.50. The lowest BCUT2D eigenvalue weighted by Crippen LogP contribution is -2.33. The molecule has 4 aromatic rings. The summed E-state index contributed by atoms with van der Waals surface area (Å²) in [7, 11) is 0. The Hall–Kier alpha value is -5.52. The van der Waals surface area contributed by atoms with Crippen LogP contribution in [0.1, 0.15) is 36.8 Å². The number of rotatable bonds is 10. The van der Waals surface area contributed by atoms with Gasteiger partial charge in [0, 0.05) is 36.8 Å². The van der Waals surface area contributed by atoms with Crippen molar-refractivity contribution in [3.8, 4) is 34.0 Å². The van der Waals surface area contributed by atoms with Crippen molar-refractivity contribution in [2.75, 3.05) is 26.3 Å². The minimum absolute atomic E-state index is 0.149. The van der Waals surface area contributed by atoms with Crippen LogP contribution in [0.3, 0.4) is 0 Å². The van der Waals surface area contributed by atoms with Gasteiger partial charge in [0.1, 0.15) is 36.3 Å². The quantitative estimate of drug-likeness (QED) is 0.207. The van der Waals surface area contributed by atoms with Crippen molar-refractivity contribution in [3.05, 3.63) is 95.8 Å². The highest BCUT2D eigenvalue weighted by molar-refractivity contribution is 6.02. The fourth-order valence-corrected chi connectivity index (χ4v) is 5.23. The van der Waals surface area contributed by atoms with Crippen LogP contribution in [0.5, 0.6) is 11.5 Å². The van der Waals surface area contributed by atoms with Gasteiger partial charge in [-0.3, -0.25) is 38.9 Å². The number of carbonyl (C=O) groups is 4. The summed E-state index contributed by atoms with van der Waals surface area (Å²) < 4.78 is 37.5. The molecule has 0 radical (unpaired) electrons. The highest BCUT2D eigenvalue weighted by Gasteiger charge is 2.29. The number of halogens is 2. The van der Waals surface area contributed by atoms with Gasteiger partial charge in [-0.2, -0.15) is 0 Å². The predicted molar refractivity (Wildman–Crippen MR) is 172 cm³/mol. The Balaban J connectivity index is 0.000000188. The highest BCUT2D eigenvalue weighted by Crippen LogP contribution is 2.24. The van der Waals surface area contributed by atoms with E-state index in [2.05, 4.69) is 9.97 Å². The number of likely N-dealkylation sites (tertiary alicyclic amines) is 2. The monoisotopic (exact) mass is 656 g/mol. The van der Waals surface area contributed by atoms with Crippen molar-refractivity contribution in [1.82, 2.24) is 19.8 Å². The summed E-state index contributed by atoms with van der Waals surface area (Å²) in [5, 5.41) is 0. The summed E-state index contributed by atoms with van der Waals surface area (Å²) in [4.78, 5) is 57.1. The summed E-state index contributed by atoms with van der Waals surface area (Å²) in [5.74, 6) is -0.0126. The van der Waals surface area contributed by atoms with E-state index < -0.39 is 0 Å². The average Bonchev–Trinajstić information content (AvgIpc) is 3.57. The van der Waals surface area contributed by atoms with E-state index in [1.165, 1.54) is 28.0 Å². The molecule has 0 unspecified atom stereocenters. The molecule has 2 saturated heterocycles. The maximum Gasteiger partial charge on any atom is 0.229 e. The van der Waals surface area contributed by atoms with Gasteiger partial charge in [0.15, 0.2) is 0 Å². The fourth-order valence-electron chi connectivity index (χ4n) is 5.23. The zero-order valence-electron chi connectivity index (χ0n) is 26.6. The van der Waals surface area contributed by atoms with E-state index in [4.69, 9.17) is 9.47 Å². The lowest BCUT2D eigenvalue weighted by atomic mass is 10.1. The molecule has 0 saturated carbocycles. The van der Waals surface area contributed by atoms with Crippen LogP contribution in [0, 0.1) is 25.5 Å². The van der Waals surface area contributed by atoms with Crippen molar-refractivity contribution < 1.29 is 37.4 Å². The highest BCUT2D eigenvalue weighted by atomic mass is 19.1. The molecule has 2 aliphatic heterocycles. The number of benzene rings is 2. The molecule has 2 aromatic heterocycles. The lowest BCUT2D eigenvalue weighted by molar-refractivity contribution is -0.140. The van der Waals surface area contributed by atoms with E-state index in [-0.39, 0.29) is 87.2 Å². The van der Waals surface area contributed by atoms with Crippen molar-refractivity contribution in [3.63, 3.8) is 0 Å². The number of pyridine rings is 2. The zero-order valence-corrected chi connectivity index (χ0v) is 26.6. The van der Waals surface area contributed by atoms with Gasteiger partial charge in [-0.1, -0.05) is 0 Å². The van der Waals surface area contributed by atoms with Crippen molar-refractivity contribution >= 4 is 23.6 Å². The molecule has 0 bridgehead atoms. The van der Waals surface area contributed by atoms with Crippen LogP contribution in [-0.4, -0.2) is 69.7 Å². The molecule has 4 heterocycles. The van der Waals surface area contributed by atoms with Gasteiger partial charge < -0.3 is 9.47 Å². The minimum atomic E-state index is -0.276. The smallest absolute Gasteiger partial charge is 0.229 e. The van der Waals surface area contributed by atoms with E-state index in [1.54, 1.807) is 61.8 Å². The summed E-state index contributed by atoms with van der Waals surface area (Å²) in [6, 6.07) is 16.5. The fraction of sp³-hybridized carbons (Fsp3) is 0.278. The van der Waals surface area contributed by atoms with Gasteiger partial charge in [0.05, 0.1) is 36.9 Å². The molecule has 12 heteroatoms. The number of ether oxygens (including phenoxy) is 2. The van der Waals surface area contributed by atoms with Crippen LogP contribution >= 0.6 is 0 Å². The molecule has 6 rings (SSSR count). The molecule has 4 amide bonds. The number of carbonyl (C=O) groups excluding carboxylic acids is 4. The number of imide groups is 2. The summed E-state index contributed by atoms with van der Waals surface area (Å²) in [6.45, 7) is 4.49. The van der Waals surface area contributed by atoms with E-state index in [1.807, 2.05) is 6.92 Å². The average molecular weight is 657 g/mol. The van der Waals surface area contributed by atoms with Crippen molar-refractivity contribution in [2.45, 2.75) is 39.5 Å². The minimum Gasteiger partial charge on any atom is -0.490 e. The van der Waals surface area contributed by atoms with Gasteiger partial charge in [0.25, 0.3) is 0 Å². The Bertz CT molecular complexity index is 1780. The Morgan fingerprint density at radius 1 is 0.625 bits per heavy atom. The molecule has 2 aromatic carbocycles. The first-order chi connectivity index (χ1) is 23.1. The Morgan fingerprint density at radius 3 is 1.60 bits per heavy atom. The van der Waals surface area contributed by atoms with Crippen LogP contribution < -0.4 is 9.47 Å². The SMILES string of the molecule is Cc1cc(-c2ccc(OCCN3C(=O)CCC3=O)cn2)ccc1F.Cc1cc(F)ccc1-c1ccc(OCCN2C(=O)CCC2=O)cn1. The molecule has 0 spiro atoms. The molecule has 2 aliphatic rings. The van der Waals surface area contributed by atoms with E-state index in [0.717, 1.165) is 28.1 Å². The molecule has 0 N–H and O–H groups in total. The molecule has 2 fully saturated rings. The number of hydrogen-bond acceptors (Lipinski definition) is 8. The van der Waals surface area contributed by atoms with E-state index in [0.29, 0.717) is 17.1 Å². The molecular formula is C36H34F2N4O6. The first-order valence-corrected chi connectivity index (χ1v) is 15.5. The maximum absolute atomic E-state index is 13.3. The third-order valence-electron chi connectivity index (χ3n) is 7.87. The topological polar surface area (TPSA) is 119 Å². The summed E-state index contributed by atoms with van der Waals surface area (Å²) >= 11 is 0. The van der Waals surface area contributed by atoms with E-state index in [9.17, 15) is 28.0 Å². The van der Waals surface area contributed by atoms with Gasteiger partial charge in [-0.15, -0.1) is 0 Å². The van der Waals surface area contributed by atoms with Crippen LogP contribution in [-0.2, 0) is 19.2 Å². The predicted octanol–water partition coefficient (Wildman–Crippen LogP) is 5.45. The molecule has 10 nitrogen and oxygen atoms in total. The number of aromatic nitrogens is 2. The standard InChI is InChI=1S/2C18H17FN2O3/c1-12-10-13(19)2-4-15(12)16-5-3-14(11-20-16)24-9-8-21-17(22)6-7-18(21)23;1-12-10-13(2-4-15(12)19)16-5-3-14(11-20-16)24-9-8-21-17(22)6-7-18(21)23/h2*2-5,10-11H,6-9H2,1H3. The maximum atomic E-state index is 13.3. The molecule has 0 atom stereocenters. The van der Waals surface area contributed by atoms with Crippen LogP contribution in [0.25, 0.3) is 22.5 Å². The molecule has 0 aliphatic carbocycles. The first kappa shape index (κ1) is 33.8. The molecular weight excluding hydrogens is 622 g/mol. The van der Waals surface area contributed by atoms with Gasteiger partial charge in [-0.25, -0.2) is 8.78 Å². The number of hydrogen-bond donors (Lipinski definition) is 0. The lowest BCUT2D eigenvalue weighted by Gasteiger charge is -2.14. The van der Waals surface area contributed by atoms with E-state index >= 15 is 0 Å². The largest absolute Gasteiger partial charge is 0.490 e. The van der Waals surface area contributed by atoms with Gasteiger partial charge >= 0.3 is 0 Å². The third-order valence-corrected chi connectivity index (χ3v) is 7.87. The second-order valence-corrected chi connectivity index (χ2v) is 11.3. The first-order valence-electron chi connectivity index (χ1n) is 15.5. The number of nitrogens with zero attached hydrogens (tertiary/aromatic N) is 4. The van der Waals surface area contributed by atoms with Crippen molar-refractivity contribution in [1.29, 1.82) is 0 Å². The normalized spacial score (nSPS) is 14.3. The van der Waals surface area contributed by atoms with Crippen LogP contribution in [0.15, 0.2) is 73.1 Å². The van der Waals surface area contributed by atoms with Gasteiger partial charge in [0.2, 0.25) is 23.6 Å². The second-order valence-electron chi connectivity index (χ2n) is 11.3. The van der Waals surface area contributed by atoms with Crippen molar-refractivity contribution in [2.24, 2.45) is 0 Å². The molecule has 248 valence electrons. The van der Waals surface area contributed by atoms with Crippen LogP contribution in [0.2, 0.25) is 0 Å². The Morgan fingerprint density at radius 2 is 1.15 bits per heavy atom. The summed E-state index contributed by atoms with van der Waals surface area (Å²) in [6.07, 6.45) is 4.28. The Kier molecular flexibility index (Phi) is 10.8. The van der Waals surface area contributed by atoms with Gasteiger partial charge in [-0.05, 0) is 85.6 Å². The van der Waals surface area contributed by atoms with Crippen LogP contribution in [0.4, 0.5) is 8.78 Å². The number of aryl methyl sites for hydroxylation is 2. The zero-order chi connectivity index (χ0) is 34.2. The number of amides is 4. The third kappa shape index (κ3) is 8.44.